The molecule has 2 aromatic carbocycles. The number of rotatable bonds is 2. The molecule has 5 nitrogen and oxygen atoms in total. The van der Waals surface area contributed by atoms with E-state index >= 15 is 0 Å². The maximum Gasteiger partial charge on any atom is 0.276 e. The first kappa shape index (κ1) is 14.9. The number of benzene rings is 2. The van der Waals surface area contributed by atoms with Crippen LogP contribution in [-0.4, -0.2) is 10.8 Å². The maximum atomic E-state index is 12.2. The van der Waals surface area contributed by atoms with Crippen molar-refractivity contribution in [3.8, 4) is 0 Å². The average molecular weight is 424 g/mol. The van der Waals surface area contributed by atoms with Gasteiger partial charge in [-0.05, 0) is 40.2 Å². The molecule has 0 radical (unpaired) electrons. The summed E-state index contributed by atoms with van der Waals surface area (Å²) in [5.74, 6) is -0.285. The minimum Gasteiger partial charge on any atom is -0.320 e. The first-order chi connectivity index (χ1) is 10.5. The molecule has 1 aliphatic heterocycles. The molecule has 3 rings (SSSR count). The van der Waals surface area contributed by atoms with Gasteiger partial charge in [0.05, 0.1) is 16.2 Å². The number of carbonyl (C=O) groups is 1. The van der Waals surface area contributed by atoms with Crippen molar-refractivity contribution in [1.82, 2.24) is 0 Å². The molecule has 1 N–H and O–H groups in total. The fourth-order valence-corrected chi connectivity index (χ4v) is 3.62. The van der Waals surface area contributed by atoms with Crippen LogP contribution in [-0.2, 0) is 4.79 Å². The molecule has 2 aromatic rings. The highest BCUT2D eigenvalue weighted by molar-refractivity contribution is 9.11. The van der Waals surface area contributed by atoms with Crippen molar-refractivity contribution < 1.29 is 9.72 Å². The van der Waals surface area contributed by atoms with Gasteiger partial charge in [0.15, 0.2) is 0 Å². The van der Waals surface area contributed by atoms with Crippen LogP contribution in [0.4, 0.5) is 11.4 Å². The van der Waals surface area contributed by atoms with Crippen LogP contribution >= 0.6 is 31.9 Å². The van der Waals surface area contributed by atoms with Crippen LogP contribution in [0.15, 0.2) is 45.3 Å². The number of amides is 1. The van der Waals surface area contributed by atoms with Gasteiger partial charge >= 0.3 is 0 Å². The van der Waals surface area contributed by atoms with E-state index in [2.05, 4.69) is 37.2 Å². The van der Waals surface area contributed by atoms with Gasteiger partial charge in [0.25, 0.3) is 11.6 Å². The topological polar surface area (TPSA) is 72.2 Å². The molecule has 1 aliphatic rings. The molecule has 0 saturated heterocycles. The number of para-hydroxylation sites is 1. The van der Waals surface area contributed by atoms with Gasteiger partial charge in [-0.3, -0.25) is 14.9 Å². The van der Waals surface area contributed by atoms with Crippen molar-refractivity contribution in [3.05, 3.63) is 66.6 Å². The largest absolute Gasteiger partial charge is 0.320 e. The summed E-state index contributed by atoms with van der Waals surface area (Å²) in [5, 5.41) is 13.9. The van der Waals surface area contributed by atoms with Crippen LogP contribution in [0.5, 0.6) is 0 Å². The van der Waals surface area contributed by atoms with Crippen molar-refractivity contribution >= 4 is 60.8 Å². The molecule has 7 heteroatoms. The van der Waals surface area contributed by atoms with Gasteiger partial charge in [0.2, 0.25) is 0 Å². The van der Waals surface area contributed by atoms with Gasteiger partial charge < -0.3 is 5.32 Å². The van der Waals surface area contributed by atoms with E-state index in [1.165, 1.54) is 12.1 Å². The van der Waals surface area contributed by atoms with Gasteiger partial charge in [-0.1, -0.05) is 28.1 Å². The van der Waals surface area contributed by atoms with E-state index in [1.54, 1.807) is 24.3 Å². The third-order valence-electron chi connectivity index (χ3n) is 3.26. The molecular formula is C15H8Br2N2O3. The van der Waals surface area contributed by atoms with Crippen LogP contribution in [0.25, 0.3) is 11.6 Å². The van der Waals surface area contributed by atoms with E-state index in [1.807, 2.05) is 6.07 Å². The van der Waals surface area contributed by atoms with Crippen molar-refractivity contribution in [2.45, 2.75) is 0 Å². The molecule has 110 valence electrons. The standard InChI is InChI=1S/C15H8Br2N2O3/c16-9-6-10-11(15(20)18-14(10)12(17)7-9)5-8-3-1-2-4-13(8)19(21)22/h1-7H,(H,18,20). The van der Waals surface area contributed by atoms with Gasteiger partial charge in [-0.15, -0.1) is 0 Å². The number of nitrogens with one attached hydrogen (secondary N) is 1. The van der Waals surface area contributed by atoms with Crippen LogP contribution in [0.3, 0.4) is 0 Å². The molecule has 0 bridgehead atoms. The Balaban J connectivity index is 2.19. The molecule has 0 spiro atoms. The highest BCUT2D eigenvalue weighted by Gasteiger charge is 2.27. The van der Waals surface area contributed by atoms with Crippen molar-refractivity contribution in [2.75, 3.05) is 5.32 Å². The Kier molecular flexibility index (Phi) is 3.84. The normalized spacial score (nSPS) is 14.8. The number of fused-ring (bicyclic) bond motifs is 1. The van der Waals surface area contributed by atoms with Gasteiger partial charge in [0.1, 0.15) is 0 Å². The summed E-state index contributed by atoms with van der Waals surface area (Å²) in [5.41, 5.74) is 2.11. The lowest BCUT2D eigenvalue weighted by molar-refractivity contribution is -0.385. The zero-order chi connectivity index (χ0) is 15.9. The number of anilines is 1. The van der Waals surface area contributed by atoms with Gasteiger partial charge in [-0.25, -0.2) is 0 Å². The van der Waals surface area contributed by atoms with Crippen LogP contribution in [0, 0.1) is 10.1 Å². The molecule has 1 amide bonds. The maximum absolute atomic E-state index is 12.2. The number of nitro groups is 1. The summed E-state index contributed by atoms with van der Waals surface area (Å²) in [6.45, 7) is 0. The number of nitro benzene ring substituents is 1. The lowest BCUT2D eigenvalue weighted by Gasteiger charge is -2.03. The van der Waals surface area contributed by atoms with Crippen LogP contribution in [0.2, 0.25) is 0 Å². The molecule has 0 fully saturated rings. The Labute approximate surface area is 142 Å². The molecule has 0 aromatic heterocycles. The Morgan fingerprint density at radius 2 is 1.91 bits per heavy atom. The summed E-state index contributed by atoms with van der Waals surface area (Å²) >= 11 is 6.78. The monoisotopic (exact) mass is 422 g/mol. The summed E-state index contributed by atoms with van der Waals surface area (Å²) in [6.07, 6.45) is 1.54. The third kappa shape index (κ3) is 2.57. The summed E-state index contributed by atoms with van der Waals surface area (Å²) in [6, 6.07) is 9.95. The van der Waals surface area contributed by atoms with Crippen LogP contribution in [0.1, 0.15) is 11.1 Å². The number of nitrogens with zero attached hydrogens (tertiary/aromatic N) is 1. The minimum atomic E-state index is -0.461. The zero-order valence-corrected chi connectivity index (χ0v) is 14.1. The van der Waals surface area contributed by atoms with Gasteiger partial charge in [0, 0.05) is 26.1 Å². The summed E-state index contributed by atoms with van der Waals surface area (Å²) in [4.78, 5) is 22.8. The number of hydrogen-bond donors (Lipinski definition) is 1. The lowest BCUT2D eigenvalue weighted by atomic mass is 10.0. The van der Waals surface area contributed by atoms with Crippen molar-refractivity contribution in [3.63, 3.8) is 0 Å². The quantitative estimate of drug-likeness (QED) is 0.435. The van der Waals surface area contributed by atoms with Crippen molar-refractivity contribution in [2.24, 2.45) is 0 Å². The predicted octanol–water partition coefficient (Wildman–Crippen LogP) is 4.61. The minimum absolute atomic E-state index is 0.0367. The van der Waals surface area contributed by atoms with E-state index in [4.69, 9.17) is 0 Å². The number of halogens is 2. The third-order valence-corrected chi connectivity index (χ3v) is 4.34. The highest BCUT2D eigenvalue weighted by atomic mass is 79.9. The van der Waals surface area contributed by atoms with E-state index in [9.17, 15) is 14.9 Å². The second-order valence-electron chi connectivity index (χ2n) is 4.64. The first-order valence-electron chi connectivity index (χ1n) is 6.23. The Morgan fingerprint density at radius 1 is 1.18 bits per heavy atom. The molecule has 0 aliphatic carbocycles. The van der Waals surface area contributed by atoms with E-state index in [0.29, 0.717) is 22.4 Å². The Morgan fingerprint density at radius 3 is 2.64 bits per heavy atom. The molecule has 0 unspecified atom stereocenters. The smallest absolute Gasteiger partial charge is 0.276 e. The second kappa shape index (κ2) is 5.66. The Hall–Kier alpha value is -1.99. The number of hydrogen-bond acceptors (Lipinski definition) is 3. The van der Waals surface area contributed by atoms with E-state index in [0.717, 1.165) is 8.95 Å². The van der Waals surface area contributed by atoms with Crippen molar-refractivity contribution in [1.29, 1.82) is 0 Å². The summed E-state index contributed by atoms with van der Waals surface area (Å²) in [7, 11) is 0. The first-order valence-corrected chi connectivity index (χ1v) is 7.82. The fraction of sp³-hybridized carbons (Fsp3) is 0. The average Bonchev–Trinajstić information content (AvgIpc) is 2.77. The molecule has 0 atom stereocenters. The molecule has 1 heterocycles. The van der Waals surface area contributed by atoms with E-state index in [-0.39, 0.29) is 11.6 Å². The molecule has 0 saturated carbocycles. The SMILES string of the molecule is O=C1Nc2c(Br)cc(Br)cc2C1=Cc1ccccc1[N+](=O)[O-]. The fourth-order valence-electron chi connectivity index (χ4n) is 2.29. The molecular weight excluding hydrogens is 416 g/mol. The predicted molar refractivity (Wildman–Crippen MR) is 91.4 cm³/mol. The van der Waals surface area contributed by atoms with Crippen LogP contribution < -0.4 is 5.32 Å². The Bertz CT molecular complexity index is 847. The van der Waals surface area contributed by atoms with Gasteiger partial charge in [-0.2, -0.15) is 0 Å². The lowest BCUT2D eigenvalue weighted by Crippen LogP contribution is -2.04. The number of carbonyl (C=O) groups excluding carboxylic acids is 1. The highest BCUT2D eigenvalue weighted by Crippen LogP contribution is 2.41. The second-order valence-corrected chi connectivity index (χ2v) is 6.41. The summed E-state index contributed by atoms with van der Waals surface area (Å²) < 4.78 is 1.55. The van der Waals surface area contributed by atoms with E-state index < -0.39 is 4.92 Å². The molecule has 22 heavy (non-hydrogen) atoms. The zero-order valence-electron chi connectivity index (χ0n) is 11.0.